The average Bonchev–Trinajstić information content (AvgIpc) is 3.47. The predicted octanol–water partition coefficient (Wildman–Crippen LogP) is 6.82. The minimum atomic E-state index is -4.08. The van der Waals surface area contributed by atoms with Gasteiger partial charge in [0.2, 0.25) is 0 Å². The van der Waals surface area contributed by atoms with Gasteiger partial charge in [-0.1, -0.05) is 44.5 Å². The molecule has 0 unspecified atom stereocenters. The van der Waals surface area contributed by atoms with Crippen molar-refractivity contribution in [2.24, 2.45) is 0 Å². The molecular weight excluding hydrogens is 618 g/mol. The van der Waals surface area contributed by atoms with Crippen LogP contribution in [0.15, 0.2) is 70.5 Å². The zero-order valence-corrected chi connectivity index (χ0v) is 26.2. The van der Waals surface area contributed by atoms with E-state index >= 15 is 0 Å². The van der Waals surface area contributed by atoms with Gasteiger partial charge >= 0.3 is 6.16 Å². The van der Waals surface area contributed by atoms with Gasteiger partial charge in [-0.25, -0.2) is 23.2 Å². The first-order valence-electron chi connectivity index (χ1n) is 12.9. The number of methoxy groups -OCH3 is 1. The van der Waals surface area contributed by atoms with Crippen LogP contribution < -0.4 is 18.9 Å². The summed E-state index contributed by atoms with van der Waals surface area (Å²) < 4.78 is 56.2. The maximum atomic E-state index is 13.4. The van der Waals surface area contributed by atoms with Crippen LogP contribution in [0.2, 0.25) is 5.02 Å². The molecule has 14 heteroatoms. The second-order valence-corrected chi connectivity index (χ2v) is 12.9. The highest BCUT2D eigenvalue weighted by Gasteiger charge is 2.23. The van der Waals surface area contributed by atoms with E-state index in [1.54, 1.807) is 41.1 Å². The van der Waals surface area contributed by atoms with Crippen molar-refractivity contribution in [1.82, 2.24) is 9.97 Å². The van der Waals surface area contributed by atoms with E-state index in [-0.39, 0.29) is 58.2 Å². The first kappa shape index (κ1) is 32.0. The van der Waals surface area contributed by atoms with Crippen LogP contribution in [0.4, 0.5) is 10.6 Å². The Morgan fingerprint density at radius 1 is 1.02 bits per heavy atom. The molecule has 0 radical (unpaired) electrons. The van der Waals surface area contributed by atoms with Crippen molar-refractivity contribution in [2.75, 3.05) is 25.0 Å². The van der Waals surface area contributed by atoms with Crippen molar-refractivity contribution in [1.29, 1.82) is 0 Å². The summed E-state index contributed by atoms with van der Waals surface area (Å²) in [5.74, 6) is 0.844. The number of carbonyl (C=O) groups excluding carboxylic acids is 1. The van der Waals surface area contributed by atoms with Gasteiger partial charge in [0, 0.05) is 11.4 Å². The fourth-order valence-electron chi connectivity index (χ4n) is 3.60. The number of nitrogens with one attached hydrogen (secondary N) is 1. The summed E-state index contributed by atoms with van der Waals surface area (Å²) >= 11 is 7.74. The fourth-order valence-corrected chi connectivity index (χ4v) is 5.32. The van der Waals surface area contributed by atoms with Gasteiger partial charge in [0.15, 0.2) is 11.6 Å². The Labute approximate surface area is 258 Å². The molecule has 0 aliphatic heterocycles. The number of halogens is 1. The molecular formula is C29H30ClN3O8S2. The molecule has 2 aromatic heterocycles. The second kappa shape index (κ2) is 14.0. The van der Waals surface area contributed by atoms with Gasteiger partial charge in [0.1, 0.15) is 35.9 Å². The third-order valence-electron chi connectivity index (χ3n) is 5.87. The third-order valence-corrected chi connectivity index (χ3v) is 8.20. The van der Waals surface area contributed by atoms with Crippen molar-refractivity contribution in [3.05, 3.63) is 81.9 Å². The molecule has 0 amide bonds. The normalized spacial score (nSPS) is 11.6. The number of nitrogens with zero attached hydrogens (tertiary/aromatic N) is 2. The minimum Gasteiger partial charge on any atom is -0.497 e. The van der Waals surface area contributed by atoms with Crippen LogP contribution in [0.25, 0.3) is 0 Å². The molecule has 4 rings (SSSR count). The molecule has 2 heterocycles. The molecule has 4 aromatic rings. The number of anilines is 1. The van der Waals surface area contributed by atoms with Crippen molar-refractivity contribution in [3.63, 3.8) is 0 Å². The van der Waals surface area contributed by atoms with Gasteiger partial charge in [-0.2, -0.15) is 0 Å². The van der Waals surface area contributed by atoms with E-state index in [2.05, 4.69) is 14.7 Å². The molecule has 2 aromatic carbocycles. The van der Waals surface area contributed by atoms with E-state index in [1.807, 2.05) is 20.8 Å². The number of aromatic nitrogens is 2. The molecule has 1 N–H and O–H groups in total. The second-order valence-electron chi connectivity index (χ2n) is 9.99. The number of sulfonamides is 1. The lowest BCUT2D eigenvalue weighted by Crippen LogP contribution is -2.17. The number of hydrogen-bond donors (Lipinski definition) is 1. The van der Waals surface area contributed by atoms with Gasteiger partial charge in [0.25, 0.3) is 10.0 Å². The number of rotatable bonds is 12. The van der Waals surface area contributed by atoms with Crippen LogP contribution in [0.1, 0.15) is 32.0 Å². The van der Waals surface area contributed by atoms with Gasteiger partial charge < -0.3 is 23.7 Å². The predicted molar refractivity (Wildman–Crippen MR) is 162 cm³/mol. The largest absolute Gasteiger partial charge is 0.513 e. The molecule has 0 aliphatic carbocycles. The Morgan fingerprint density at radius 3 is 2.47 bits per heavy atom. The van der Waals surface area contributed by atoms with Gasteiger partial charge in [-0.15, -0.1) is 11.3 Å². The number of hydrogen-bond acceptors (Lipinski definition) is 11. The van der Waals surface area contributed by atoms with Crippen LogP contribution in [-0.2, 0) is 31.5 Å². The molecule has 0 spiro atoms. The zero-order valence-electron chi connectivity index (χ0n) is 23.8. The van der Waals surface area contributed by atoms with Gasteiger partial charge in [-0.3, -0.25) is 4.72 Å². The summed E-state index contributed by atoms with van der Waals surface area (Å²) in [5.41, 5.74) is 1.03. The monoisotopic (exact) mass is 647 g/mol. The highest BCUT2D eigenvalue weighted by Crippen LogP contribution is 2.37. The van der Waals surface area contributed by atoms with Crippen LogP contribution >= 0.6 is 22.9 Å². The summed E-state index contributed by atoms with van der Waals surface area (Å²) in [5, 5.41) is 3.67. The molecule has 0 fully saturated rings. The highest BCUT2D eigenvalue weighted by atomic mass is 35.5. The Morgan fingerprint density at radius 2 is 1.79 bits per heavy atom. The Hall–Kier alpha value is -3.91. The summed E-state index contributed by atoms with van der Waals surface area (Å²) in [6.07, 6.45) is 0.307. The van der Waals surface area contributed by atoms with Crippen LogP contribution in [-0.4, -0.2) is 44.9 Å². The lowest BCUT2D eigenvalue weighted by Gasteiger charge is -2.19. The maximum absolute atomic E-state index is 13.4. The number of carbonyl (C=O) groups is 1. The van der Waals surface area contributed by atoms with Crippen LogP contribution in [0, 0.1) is 0 Å². The van der Waals surface area contributed by atoms with E-state index in [4.69, 9.17) is 35.3 Å². The molecule has 0 saturated carbocycles. The molecule has 0 saturated heterocycles. The molecule has 43 heavy (non-hydrogen) atoms. The molecule has 11 nitrogen and oxygen atoms in total. The smallest absolute Gasteiger partial charge is 0.497 e. The van der Waals surface area contributed by atoms with E-state index in [0.717, 1.165) is 5.56 Å². The minimum absolute atomic E-state index is 0.0106. The quantitative estimate of drug-likeness (QED) is 0.129. The Balaban J connectivity index is 1.53. The van der Waals surface area contributed by atoms with Crippen molar-refractivity contribution < 1.29 is 36.9 Å². The topological polar surface area (TPSA) is 135 Å². The number of thiophene rings is 1. The number of ether oxygens (including phenoxy) is 5. The number of benzene rings is 2. The molecule has 228 valence electrons. The third kappa shape index (κ3) is 8.80. The Bertz CT molecular complexity index is 1640. The first-order valence-corrected chi connectivity index (χ1v) is 15.7. The van der Waals surface area contributed by atoms with E-state index in [1.165, 1.54) is 43.0 Å². The standard InChI is InChI=1S/C29H30ClN3O8S2/c1-29(2,3)19-5-8-22(9-6-19)43(35,36)33-27-26(41-25-15-20(37-4)7-10-23(25)30)24(31-18-32-27)16-38-12-13-39-28(34)40-21-11-14-42-17-21/h5-11,14-15,17-18H,12-13,16H2,1-4H3,(H,31,32,33). The molecule has 0 bridgehead atoms. The van der Waals surface area contributed by atoms with Crippen molar-refractivity contribution >= 4 is 44.9 Å². The summed E-state index contributed by atoms with van der Waals surface area (Å²) in [6, 6.07) is 13.0. The van der Waals surface area contributed by atoms with E-state index in [9.17, 15) is 13.2 Å². The maximum Gasteiger partial charge on any atom is 0.513 e. The van der Waals surface area contributed by atoms with Crippen molar-refractivity contribution in [3.8, 4) is 23.0 Å². The average molecular weight is 648 g/mol. The zero-order chi connectivity index (χ0) is 31.0. The lowest BCUT2D eigenvalue weighted by molar-refractivity contribution is 0.0449. The van der Waals surface area contributed by atoms with Gasteiger partial charge in [-0.05, 0) is 46.7 Å². The van der Waals surface area contributed by atoms with Crippen LogP contribution in [0.5, 0.6) is 23.0 Å². The fraction of sp³-hybridized carbons (Fsp3) is 0.276. The van der Waals surface area contributed by atoms with E-state index < -0.39 is 16.2 Å². The van der Waals surface area contributed by atoms with Crippen LogP contribution in [0.3, 0.4) is 0 Å². The molecule has 0 aliphatic rings. The van der Waals surface area contributed by atoms with E-state index in [0.29, 0.717) is 11.5 Å². The highest BCUT2D eigenvalue weighted by molar-refractivity contribution is 7.92. The SMILES string of the molecule is COc1ccc(Cl)c(Oc2c(COCCOC(=O)Oc3ccsc3)ncnc2NS(=O)(=O)c2ccc(C(C)(C)C)cc2)c1. The first-order chi connectivity index (χ1) is 20.5. The summed E-state index contributed by atoms with van der Waals surface area (Å²) in [7, 11) is -2.59. The summed E-state index contributed by atoms with van der Waals surface area (Å²) in [6.45, 7) is 5.86. The summed E-state index contributed by atoms with van der Waals surface area (Å²) in [4.78, 5) is 20.2. The Kier molecular flexibility index (Phi) is 10.5. The lowest BCUT2D eigenvalue weighted by atomic mass is 9.87. The van der Waals surface area contributed by atoms with Gasteiger partial charge in [0.05, 0.1) is 30.2 Å². The molecule has 0 atom stereocenters. The van der Waals surface area contributed by atoms with Crippen molar-refractivity contribution in [2.45, 2.75) is 37.7 Å².